The highest BCUT2D eigenvalue weighted by Gasteiger charge is 2.39. The molecule has 0 bridgehead atoms. The number of hydrogen-bond donors (Lipinski definition) is 5. The van der Waals surface area contributed by atoms with Gasteiger partial charge >= 0.3 is 5.97 Å². The van der Waals surface area contributed by atoms with Crippen LogP contribution in [0.15, 0.2) is 70.7 Å². The van der Waals surface area contributed by atoms with Gasteiger partial charge in [-0.15, -0.1) is 0 Å². The van der Waals surface area contributed by atoms with Crippen LogP contribution in [0.5, 0.6) is 11.5 Å². The van der Waals surface area contributed by atoms with Gasteiger partial charge in [-0.25, -0.2) is 8.42 Å². The fourth-order valence-corrected chi connectivity index (χ4v) is 7.46. The number of nitrogens with two attached hydrogens (primary N) is 1. The van der Waals surface area contributed by atoms with Crippen LogP contribution in [0.25, 0.3) is 10.8 Å². The van der Waals surface area contributed by atoms with Crippen molar-refractivity contribution in [2.24, 2.45) is 16.9 Å². The van der Waals surface area contributed by atoms with Crippen molar-refractivity contribution in [3.8, 4) is 11.5 Å². The summed E-state index contributed by atoms with van der Waals surface area (Å²) < 4.78 is 34.8. The number of phenols is 1. The lowest BCUT2D eigenvalue weighted by Crippen LogP contribution is -2.53. The van der Waals surface area contributed by atoms with Crippen LogP contribution < -0.4 is 25.9 Å². The van der Waals surface area contributed by atoms with Crippen LogP contribution in [0.2, 0.25) is 0 Å². The Bertz CT molecular complexity index is 1920. The van der Waals surface area contributed by atoms with Crippen LogP contribution >= 0.6 is 0 Å². The first-order valence-electron chi connectivity index (χ1n) is 17.2. The van der Waals surface area contributed by atoms with E-state index in [2.05, 4.69) is 20.5 Å². The molecule has 2 fully saturated rings. The maximum Gasteiger partial charge on any atom is 0.308 e. The Labute approximate surface area is 302 Å². The lowest BCUT2D eigenvalue weighted by molar-refractivity contribution is -0.139. The van der Waals surface area contributed by atoms with Crippen molar-refractivity contribution in [2.45, 2.75) is 62.4 Å². The third kappa shape index (κ3) is 10.6. The molecule has 1 aliphatic carbocycles. The Morgan fingerprint density at radius 2 is 1.81 bits per heavy atom. The molecule has 0 radical (unpaired) electrons. The van der Waals surface area contributed by atoms with E-state index in [1.807, 2.05) is 17.0 Å². The fourth-order valence-electron chi connectivity index (χ4n) is 6.24. The molecule has 52 heavy (non-hydrogen) atoms. The van der Waals surface area contributed by atoms with Crippen LogP contribution in [-0.2, 0) is 35.6 Å². The predicted octanol–water partition coefficient (Wildman–Crippen LogP) is 1.59. The van der Waals surface area contributed by atoms with Gasteiger partial charge in [0.05, 0.1) is 17.9 Å². The van der Waals surface area contributed by atoms with Crippen LogP contribution in [0.1, 0.15) is 44.6 Å². The van der Waals surface area contributed by atoms with Crippen LogP contribution in [-0.4, -0.2) is 98.2 Å². The lowest BCUT2D eigenvalue weighted by atomic mass is 9.98. The number of piperidine rings is 1. The minimum atomic E-state index is -4.28. The van der Waals surface area contributed by atoms with Gasteiger partial charge in [0.2, 0.25) is 27.7 Å². The van der Waals surface area contributed by atoms with Crippen molar-refractivity contribution in [1.82, 2.24) is 25.2 Å². The number of benzene rings is 3. The highest BCUT2D eigenvalue weighted by molar-refractivity contribution is 7.89. The molecular formula is C36H45N7O8S. The van der Waals surface area contributed by atoms with Crippen LogP contribution in [0.3, 0.4) is 0 Å². The molecule has 5 rings (SSSR count). The molecule has 278 valence electrons. The quantitative estimate of drug-likeness (QED) is 0.0358. The zero-order chi connectivity index (χ0) is 37.3. The number of phenolic OH excluding ortho intramolecular Hbond substituents is 1. The summed E-state index contributed by atoms with van der Waals surface area (Å²) in [5, 5.41) is 20.9. The first kappa shape index (κ1) is 38.0. The van der Waals surface area contributed by atoms with E-state index in [0.29, 0.717) is 43.3 Å². The van der Waals surface area contributed by atoms with Gasteiger partial charge in [0.15, 0.2) is 11.5 Å². The van der Waals surface area contributed by atoms with Crippen LogP contribution in [0, 0.1) is 5.92 Å². The highest BCUT2D eigenvalue weighted by Crippen LogP contribution is 2.29. The SMILES string of the molecule is CC(=O)Oc1ccc(CCNC(=O)CN(C(=O)[C@H](CC(=O)NC[C@@H]2CCCN(C=NN)C2)NS(=O)(=O)c2ccc3ccccc3c2)C2CC2)cc1O. The minimum absolute atomic E-state index is 0.0245. The van der Waals surface area contributed by atoms with Gasteiger partial charge in [-0.05, 0) is 78.6 Å². The molecule has 0 unspecified atom stereocenters. The predicted molar refractivity (Wildman–Crippen MR) is 194 cm³/mol. The first-order valence-corrected chi connectivity index (χ1v) is 18.7. The maximum absolute atomic E-state index is 14.1. The summed E-state index contributed by atoms with van der Waals surface area (Å²) in [6.07, 6.45) is 4.45. The monoisotopic (exact) mass is 735 g/mol. The van der Waals surface area contributed by atoms with E-state index in [4.69, 9.17) is 10.6 Å². The first-order chi connectivity index (χ1) is 24.9. The molecule has 3 aromatic rings. The fraction of sp³-hybridized carbons (Fsp3) is 0.417. The average molecular weight is 736 g/mol. The molecule has 0 aromatic heterocycles. The minimum Gasteiger partial charge on any atom is -0.504 e. The molecule has 16 heteroatoms. The Balaban J connectivity index is 1.26. The number of aromatic hydroxyl groups is 1. The standard InChI is InChI=1S/C36H45N7O8S/c1-24(44)51-33-13-8-25(17-32(33)45)14-15-38-35(47)22-43(29-10-11-29)36(48)31(19-34(46)39-20-26-5-4-16-42(21-26)23-40-37)41-52(49,50)30-12-9-27-6-2-3-7-28(27)18-30/h2-3,6-9,12-13,17-18,23,26,29,31,41,45H,4-5,10-11,14-16,19-22,37H2,1H3,(H,38,47)(H,39,46)/t26-,31-/m0/s1. The van der Waals surface area contributed by atoms with Crippen molar-refractivity contribution in [3.63, 3.8) is 0 Å². The summed E-state index contributed by atoms with van der Waals surface area (Å²) in [6, 6.07) is 14.7. The number of hydrazone groups is 1. The van der Waals surface area contributed by atoms with Gasteiger partial charge in [-0.2, -0.15) is 9.82 Å². The van der Waals surface area contributed by atoms with Crippen molar-refractivity contribution >= 4 is 50.8 Å². The summed E-state index contributed by atoms with van der Waals surface area (Å²) in [5.41, 5.74) is 0.673. The zero-order valence-electron chi connectivity index (χ0n) is 29.0. The number of esters is 1. The number of carbonyl (C=O) groups is 4. The van der Waals surface area contributed by atoms with E-state index in [1.54, 1.807) is 30.6 Å². The maximum atomic E-state index is 14.1. The third-order valence-electron chi connectivity index (χ3n) is 8.98. The van der Waals surface area contributed by atoms with Crippen molar-refractivity contribution in [2.75, 3.05) is 32.7 Å². The lowest BCUT2D eigenvalue weighted by Gasteiger charge is -2.31. The molecule has 1 aliphatic heterocycles. The molecule has 1 saturated carbocycles. The molecule has 3 amide bonds. The number of ether oxygens (including phenoxy) is 1. The number of carbonyl (C=O) groups excluding carboxylic acids is 4. The number of fused-ring (bicyclic) bond motifs is 1. The molecule has 15 nitrogen and oxygen atoms in total. The third-order valence-corrected chi connectivity index (χ3v) is 10.5. The Hall–Kier alpha value is -5.22. The van der Waals surface area contributed by atoms with Gasteiger partial charge in [-0.1, -0.05) is 36.4 Å². The van der Waals surface area contributed by atoms with Crippen molar-refractivity contribution in [1.29, 1.82) is 0 Å². The summed E-state index contributed by atoms with van der Waals surface area (Å²) in [4.78, 5) is 55.0. The summed E-state index contributed by atoms with van der Waals surface area (Å²) in [6.45, 7) is 2.83. The second kappa shape index (κ2) is 17.3. The number of sulfonamides is 1. The van der Waals surface area contributed by atoms with Crippen LogP contribution in [0.4, 0.5) is 0 Å². The molecular weight excluding hydrogens is 691 g/mol. The van der Waals surface area contributed by atoms with Gasteiger partial charge in [0.1, 0.15) is 12.4 Å². The highest BCUT2D eigenvalue weighted by atomic mass is 32.2. The molecule has 1 heterocycles. The number of nitrogens with zero attached hydrogens (tertiary/aromatic N) is 3. The second-order valence-electron chi connectivity index (χ2n) is 13.2. The van der Waals surface area contributed by atoms with E-state index >= 15 is 0 Å². The number of hydrogen-bond acceptors (Lipinski definition) is 10. The number of likely N-dealkylation sites (tertiary alicyclic amines) is 1. The van der Waals surface area contributed by atoms with Gasteiger partial charge < -0.3 is 36.1 Å². The number of rotatable bonds is 16. The topological polar surface area (TPSA) is 213 Å². The van der Waals surface area contributed by atoms with Gasteiger partial charge in [-0.3, -0.25) is 19.2 Å². The second-order valence-corrected chi connectivity index (χ2v) is 14.9. The van der Waals surface area contributed by atoms with Crippen molar-refractivity contribution < 1.29 is 37.4 Å². The molecule has 0 spiro atoms. The van der Waals surface area contributed by atoms with Crippen molar-refractivity contribution in [3.05, 3.63) is 66.2 Å². The van der Waals surface area contributed by atoms with E-state index < -0.39 is 46.2 Å². The largest absolute Gasteiger partial charge is 0.504 e. The molecule has 2 aliphatic rings. The summed E-state index contributed by atoms with van der Waals surface area (Å²) >= 11 is 0. The van der Waals surface area contributed by atoms with E-state index in [0.717, 1.165) is 24.8 Å². The van der Waals surface area contributed by atoms with Gasteiger partial charge in [0.25, 0.3) is 0 Å². The molecule has 1 saturated heterocycles. The normalized spacial score (nSPS) is 16.7. The Kier molecular flexibility index (Phi) is 12.7. The van der Waals surface area contributed by atoms with E-state index in [-0.39, 0.29) is 41.4 Å². The molecule has 6 N–H and O–H groups in total. The smallest absolute Gasteiger partial charge is 0.308 e. The molecule has 2 atom stereocenters. The van der Waals surface area contributed by atoms with E-state index in [9.17, 15) is 32.7 Å². The van der Waals surface area contributed by atoms with E-state index in [1.165, 1.54) is 36.1 Å². The number of amides is 3. The molecule has 3 aromatic carbocycles. The Morgan fingerprint density at radius 1 is 1.04 bits per heavy atom. The summed E-state index contributed by atoms with van der Waals surface area (Å²) in [7, 11) is -4.28. The summed E-state index contributed by atoms with van der Waals surface area (Å²) in [5.74, 6) is 3.00. The number of nitrogens with one attached hydrogen (secondary N) is 3. The Morgan fingerprint density at radius 3 is 2.52 bits per heavy atom. The zero-order valence-corrected chi connectivity index (χ0v) is 29.8. The van der Waals surface area contributed by atoms with Gasteiger partial charge in [0, 0.05) is 39.1 Å². The average Bonchev–Trinajstić information content (AvgIpc) is 3.96.